The second-order valence-electron chi connectivity index (χ2n) is 2.49. The first-order chi connectivity index (χ1) is 6.60. The molecule has 0 aromatic rings. The highest BCUT2D eigenvalue weighted by atomic mass is 32.2. The van der Waals surface area contributed by atoms with Gasteiger partial charge >= 0.3 is 14.8 Å². The Hall–Kier alpha value is -0.0831. The molecule has 0 saturated heterocycles. The fourth-order valence-corrected chi connectivity index (χ4v) is 4.59. The molecule has 5 nitrogen and oxygen atoms in total. The van der Waals surface area contributed by atoms with E-state index in [0.717, 1.165) is 0 Å². The summed E-state index contributed by atoms with van der Waals surface area (Å²) in [7, 11) is 2.10. The van der Waals surface area contributed by atoms with E-state index in [9.17, 15) is 4.79 Å². The lowest BCUT2D eigenvalue weighted by atomic mass is 10.5. The third kappa shape index (κ3) is 4.96. The van der Waals surface area contributed by atoms with Crippen LogP contribution in [0.3, 0.4) is 0 Å². The predicted molar refractivity (Wildman–Crippen MR) is 56.4 cm³/mol. The summed E-state index contributed by atoms with van der Waals surface area (Å²) in [6.07, 6.45) is 0.145. The predicted octanol–water partition coefficient (Wildman–Crippen LogP) is 0.612. The molecular weight excluding hydrogens is 224 g/mol. The molecule has 0 aliphatic heterocycles. The minimum atomic E-state index is -2.52. The minimum Gasteiger partial charge on any atom is -0.481 e. The van der Waals surface area contributed by atoms with E-state index in [1.165, 1.54) is 33.1 Å². The molecule has 0 saturated carbocycles. The van der Waals surface area contributed by atoms with Crippen molar-refractivity contribution in [1.29, 1.82) is 0 Å². The lowest BCUT2D eigenvalue weighted by Gasteiger charge is -2.23. The zero-order valence-electron chi connectivity index (χ0n) is 8.61. The average molecular weight is 240 g/mol. The lowest BCUT2D eigenvalue weighted by molar-refractivity contribution is -0.136. The van der Waals surface area contributed by atoms with Gasteiger partial charge in [0.25, 0.3) is 0 Å². The van der Waals surface area contributed by atoms with Crippen LogP contribution in [0.5, 0.6) is 0 Å². The second kappa shape index (κ2) is 7.24. The summed E-state index contributed by atoms with van der Waals surface area (Å²) in [6.45, 7) is 0. The monoisotopic (exact) mass is 240 g/mol. The van der Waals surface area contributed by atoms with E-state index >= 15 is 0 Å². The van der Waals surface area contributed by atoms with Crippen molar-refractivity contribution in [2.45, 2.75) is 6.42 Å². The molecule has 0 bridgehead atoms. The number of carboxylic acids is 1. The fraction of sp³-hybridized carbons (Fsp3) is 0.857. The van der Waals surface area contributed by atoms with Crippen LogP contribution < -0.4 is 0 Å². The summed E-state index contributed by atoms with van der Waals surface area (Å²) >= 11 is 1.47. The summed E-state index contributed by atoms with van der Waals surface area (Å²) < 4.78 is 15.5. The molecule has 0 radical (unpaired) electrons. The molecule has 84 valence electrons. The van der Waals surface area contributed by atoms with E-state index in [4.69, 9.17) is 18.4 Å². The number of carboxylic acid groups (broad SMARTS) is 1. The second-order valence-corrected chi connectivity index (χ2v) is 7.05. The molecule has 0 fully saturated rings. The molecule has 14 heavy (non-hydrogen) atoms. The van der Waals surface area contributed by atoms with Crippen LogP contribution in [0.25, 0.3) is 0 Å². The van der Waals surface area contributed by atoms with E-state index in [1.807, 2.05) is 0 Å². The molecule has 0 aliphatic carbocycles. The molecule has 0 aliphatic rings. The Bertz CT molecular complexity index is 165. The van der Waals surface area contributed by atoms with Crippen LogP contribution in [0.4, 0.5) is 0 Å². The molecule has 7 heteroatoms. The smallest absolute Gasteiger partial charge is 0.481 e. The SMILES string of the molecule is CO[Si](CSCCC(=O)O)(OC)OC. The molecule has 1 N–H and O–H groups in total. The summed E-state index contributed by atoms with van der Waals surface area (Å²) in [6, 6.07) is 0. The van der Waals surface area contributed by atoms with Crippen LogP contribution in [0, 0.1) is 0 Å². The Kier molecular flexibility index (Phi) is 7.20. The molecular formula is C7H16O5SSi. The summed E-state index contributed by atoms with van der Waals surface area (Å²) in [5.74, 6) is -0.253. The third-order valence-corrected chi connectivity index (χ3v) is 6.26. The highest BCUT2D eigenvalue weighted by Crippen LogP contribution is 2.14. The van der Waals surface area contributed by atoms with Gasteiger partial charge in [-0.3, -0.25) is 4.79 Å². The van der Waals surface area contributed by atoms with Gasteiger partial charge in [0, 0.05) is 27.1 Å². The standard InChI is InChI=1S/C7H16O5SSi/c1-10-14(11-2,12-3)6-13-5-4-7(8)9/h4-6H2,1-3H3,(H,8,9). The molecule has 0 spiro atoms. The van der Waals surface area contributed by atoms with Crippen molar-refractivity contribution in [2.24, 2.45) is 0 Å². The van der Waals surface area contributed by atoms with E-state index in [2.05, 4.69) is 0 Å². The van der Waals surface area contributed by atoms with Gasteiger partial charge in [-0.05, 0) is 0 Å². The highest BCUT2D eigenvalue weighted by molar-refractivity contribution is 8.00. The summed E-state index contributed by atoms with van der Waals surface area (Å²) in [5, 5.41) is 8.99. The first-order valence-corrected chi connectivity index (χ1v) is 7.14. The molecule has 0 heterocycles. The number of thioether (sulfide) groups is 1. The van der Waals surface area contributed by atoms with Crippen LogP contribution in [0.2, 0.25) is 0 Å². The number of rotatable bonds is 8. The van der Waals surface area contributed by atoms with Gasteiger partial charge in [0.1, 0.15) is 0 Å². The fourth-order valence-electron chi connectivity index (χ4n) is 0.783. The molecule has 0 amide bonds. The zero-order valence-corrected chi connectivity index (χ0v) is 10.4. The number of hydrogen-bond acceptors (Lipinski definition) is 5. The lowest BCUT2D eigenvalue weighted by Crippen LogP contribution is -2.46. The van der Waals surface area contributed by atoms with Crippen LogP contribution in [-0.2, 0) is 18.1 Å². The number of aliphatic carboxylic acids is 1. The molecule has 0 aromatic carbocycles. The molecule has 0 rings (SSSR count). The van der Waals surface area contributed by atoms with Gasteiger partial charge in [-0.2, -0.15) is 11.8 Å². The summed E-state index contributed by atoms with van der Waals surface area (Å²) in [5.41, 5.74) is 0. The quantitative estimate of drug-likeness (QED) is 0.495. The average Bonchev–Trinajstić information content (AvgIpc) is 2.19. The third-order valence-electron chi connectivity index (χ3n) is 1.67. The van der Waals surface area contributed by atoms with Crippen molar-refractivity contribution in [2.75, 3.05) is 32.5 Å². The number of carbonyl (C=O) groups is 1. The van der Waals surface area contributed by atoms with Gasteiger partial charge < -0.3 is 18.4 Å². The largest absolute Gasteiger partial charge is 0.510 e. The highest BCUT2D eigenvalue weighted by Gasteiger charge is 2.37. The first kappa shape index (κ1) is 13.9. The van der Waals surface area contributed by atoms with E-state index in [-0.39, 0.29) is 6.42 Å². The van der Waals surface area contributed by atoms with Crippen LogP contribution >= 0.6 is 11.8 Å². The maximum atomic E-state index is 10.2. The van der Waals surface area contributed by atoms with E-state index in [1.54, 1.807) is 0 Å². The van der Waals surface area contributed by atoms with Gasteiger partial charge in [-0.1, -0.05) is 0 Å². The van der Waals surface area contributed by atoms with Gasteiger partial charge in [0.2, 0.25) is 0 Å². The Morgan fingerprint density at radius 1 is 1.29 bits per heavy atom. The van der Waals surface area contributed by atoms with Crippen LogP contribution in [0.1, 0.15) is 6.42 Å². The van der Waals surface area contributed by atoms with Crippen LogP contribution in [-0.4, -0.2) is 52.3 Å². The molecule has 0 unspecified atom stereocenters. The maximum absolute atomic E-state index is 10.2. The van der Waals surface area contributed by atoms with Crippen molar-refractivity contribution in [1.82, 2.24) is 0 Å². The van der Waals surface area contributed by atoms with Crippen molar-refractivity contribution in [3.05, 3.63) is 0 Å². The van der Waals surface area contributed by atoms with Crippen molar-refractivity contribution < 1.29 is 23.2 Å². The van der Waals surface area contributed by atoms with E-state index in [0.29, 0.717) is 11.1 Å². The Labute approximate surface area is 89.1 Å². The van der Waals surface area contributed by atoms with Crippen molar-refractivity contribution >= 4 is 26.5 Å². The van der Waals surface area contributed by atoms with Crippen molar-refractivity contribution in [3.8, 4) is 0 Å². The first-order valence-electron chi connectivity index (χ1n) is 4.05. The minimum absolute atomic E-state index is 0.145. The van der Waals surface area contributed by atoms with Gasteiger partial charge in [0.15, 0.2) is 0 Å². The van der Waals surface area contributed by atoms with Gasteiger partial charge in [0.05, 0.1) is 11.8 Å². The Balaban J connectivity index is 3.77. The Morgan fingerprint density at radius 2 is 1.79 bits per heavy atom. The number of hydrogen-bond donors (Lipinski definition) is 1. The Morgan fingerprint density at radius 3 is 2.14 bits per heavy atom. The van der Waals surface area contributed by atoms with E-state index < -0.39 is 14.8 Å². The van der Waals surface area contributed by atoms with Gasteiger partial charge in [-0.15, -0.1) is 0 Å². The van der Waals surface area contributed by atoms with Gasteiger partial charge in [-0.25, -0.2) is 0 Å². The maximum Gasteiger partial charge on any atom is 0.510 e. The topological polar surface area (TPSA) is 65.0 Å². The van der Waals surface area contributed by atoms with Crippen LogP contribution in [0.15, 0.2) is 0 Å². The molecule has 0 aromatic heterocycles. The van der Waals surface area contributed by atoms with Crippen molar-refractivity contribution in [3.63, 3.8) is 0 Å². The zero-order chi connectivity index (χ0) is 11.0. The normalized spacial score (nSPS) is 11.6. The molecule has 0 atom stereocenters. The summed E-state index contributed by atoms with van der Waals surface area (Å²) in [4.78, 5) is 10.2.